The number of benzene rings is 2. The number of aromatic nitrogens is 1. The van der Waals surface area contributed by atoms with Gasteiger partial charge in [0.25, 0.3) is 5.91 Å². The zero-order valence-electron chi connectivity index (χ0n) is 21.4. The summed E-state index contributed by atoms with van der Waals surface area (Å²) in [5.74, 6) is 1.60. The highest BCUT2D eigenvalue weighted by atomic mass is 35.5. The lowest BCUT2D eigenvalue weighted by Crippen LogP contribution is -2.53. The topological polar surface area (TPSA) is 58.1 Å². The Morgan fingerprint density at radius 1 is 0.974 bits per heavy atom. The van der Waals surface area contributed by atoms with Crippen LogP contribution in [0.1, 0.15) is 22.8 Å². The van der Waals surface area contributed by atoms with E-state index < -0.39 is 17.6 Å². The van der Waals surface area contributed by atoms with Crippen molar-refractivity contribution in [1.29, 1.82) is 0 Å². The van der Waals surface area contributed by atoms with E-state index in [-0.39, 0.29) is 24.0 Å². The second kappa shape index (κ2) is 12.1. The fraction of sp³-hybridized carbons (Fsp3) is 0.357. The monoisotopic (exact) mass is 562 g/mol. The van der Waals surface area contributed by atoms with Crippen molar-refractivity contribution in [2.75, 3.05) is 55.7 Å². The zero-order valence-corrected chi connectivity index (χ0v) is 22.3. The zero-order chi connectivity index (χ0) is 26.7. The number of piperazine rings is 1. The highest BCUT2D eigenvalue weighted by Gasteiger charge is 2.32. The van der Waals surface area contributed by atoms with Crippen LogP contribution in [0, 0.1) is 0 Å². The summed E-state index contributed by atoms with van der Waals surface area (Å²) in [5, 5.41) is 0. The van der Waals surface area contributed by atoms with Gasteiger partial charge in [-0.2, -0.15) is 13.2 Å². The molecule has 1 amide bonds. The second-order valence-electron chi connectivity index (χ2n) is 9.35. The molecule has 0 N–H and O–H groups in total. The number of ether oxygens (including phenoxy) is 2. The van der Waals surface area contributed by atoms with Crippen LogP contribution in [0.3, 0.4) is 0 Å². The average Bonchev–Trinajstić information content (AvgIpc) is 2.95. The van der Waals surface area contributed by atoms with E-state index in [1.54, 1.807) is 29.3 Å². The number of alkyl halides is 3. The molecule has 5 rings (SSSR count). The van der Waals surface area contributed by atoms with Gasteiger partial charge in [-0.15, -0.1) is 12.4 Å². The minimum Gasteiger partial charge on any atom is -0.486 e. The van der Waals surface area contributed by atoms with E-state index in [9.17, 15) is 18.0 Å². The van der Waals surface area contributed by atoms with E-state index in [0.29, 0.717) is 25.6 Å². The minimum absolute atomic E-state index is 0. The maximum Gasteiger partial charge on any atom is 0.416 e. The van der Waals surface area contributed by atoms with Gasteiger partial charge in [0.2, 0.25) is 0 Å². The van der Waals surface area contributed by atoms with Crippen molar-refractivity contribution in [1.82, 2.24) is 9.88 Å². The number of anilines is 2. The van der Waals surface area contributed by atoms with Crippen LogP contribution in [0.5, 0.6) is 11.5 Å². The lowest BCUT2D eigenvalue weighted by Gasteiger charge is -2.41. The number of hydrogen-bond donors (Lipinski definition) is 0. The summed E-state index contributed by atoms with van der Waals surface area (Å²) in [7, 11) is 0. The first-order valence-corrected chi connectivity index (χ1v) is 12.6. The highest BCUT2D eigenvalue weighted by molar-refractivity contribution is 6.05. The Balaban J connectivity index is 0.00000353. The summed E-state index contributed by atoms with van der Waals surface area (Å²) >= 11 is 0. The van der Waals surface area contributed by atoms with Crippen LogP contribution in [0.15, 0.2) is 66.9 Å². The standard InChI is InChI=1S/C28H29F3N4O3.ClH/c1-20(33-13-15-34(16-14-33)23-5-4-6-24-26(23)38-18-17-37-24)19-35(25-7-2-3-12-32-25)27(36)21-8-10-22(11-9-21)28(29,30)31;/h2-12,20H,13-19H2,1H3;1H/t20-;/m0./s1. The number of hydrogen-bond acceptors (Lipinski definition) is 6. The van der Waals surface area contributed by atoms with Crippen LogP contribution in [0.2, 0.25) is 0 Å². The number of rotatable bonds is 6. The molecule has 2 aliphatic rings. The molecule has 39 heavy (non-hydrogen) atoms. The number of para-hydroxylation sites is 1. The van der Waals surface area contributed by atoms with Gasteiger partial charge in [0.15, 0.2) is 11.5 Å². The molecule has 0 saturated carbocycles. The number of amides is 1. The maximum absolute atomic E-state index is 13.5. The van der Waals surface area contributed by atoms with Crippen molar-refractivity contribution in [3.05, 3.63) is 78.0 Å². The normalized spacial score (nSPS) is 16.3. The summed E-state index contributed by atoms with van der Waals surface area (Å²) in [4.78, 5) is 23.9. The summed E-state index contributed by atoms with van der Waals surface area (Å²) in [6.45, 7) is 6.56. The van der Waals surface area contributed by atoms with Crippen molar-refractivity contribution < 1.29 is 27.4 Å². The summed E-state index contributed by atoms with van der Waals surface area (Å²) in [6, 6.07) is 15.5. The molecule has 0 aliphatic carbocycles. The largest absolute Gasteiger partial charge is 0.486 e. The van der Waals surface area contributed by atoms with Gasteiger partial charge in [-0.25, -0.2) is 4.98 Å². The number of carbonyl (C=O) groups excluding carboxylic acids is 1. The predicted octanol–water partition coefficient (Wildman–Crippen LogP) is 5.15. The van der Waals surface area contributed by atoms with Gasteiger partial charge in [-0.1, -0.05) is 12.1 Å². The van der Waals surface area contributed by atoms with Crippen molar-refractivity contribution >= 4 is 29.8 Å². The smallest absolute Gasteiger partial charge is 0.416 e. The van der Waals surface area contributed by atoms with Crippen molar-refractivity contribution in [2.24, 2.45) is 0 Å². The molecule has 0 unspecified atom stereocenters. The average molecular weight is 563 g/mol. The summed E-state index contributed by atoms with van der Waals surface area (Å²) in [6.07, 6.45) is -2.87. The van der Waals surface area contributed by atoms with E-state index in [1.165, 1.54) is 12.1 Å². The third-order valence-electron chi connectivity index (χ3n) is 6.90. The molecular formula is C28H30ClF3N4O3. The molecule has 7 nitrogen and oxygen atoms in total. The summed E-state index contributed by atoms with van der Waals surface area (Å²) in [5.41, 5.74) is 0.403. The van der Waals surface area contributed by atoms with Crippen molar-refractivity contribution in [3.8, 4) is 11.5 Å². The first-order chi connectivity index (χ1) is 18.3. The molecule has 0 spiro atoms. The molecule has 1 atom stereocenters. The first-order valence-electron chi connectivity index (χ1n) is 12.6. The van der Waals surface area contributed by atoms with Crippen LogP contribution >= 0.6 is 12.4 Å². The van der Waals surface area contributed by atoms with Crippen LogP contribution in [0.25, 0.3) is 0 Å². The van der Waals surface area contributed by atoms with Gasteiger partial charge in [0.05, 0.1) is 11.3 Å². The van der Waals surface area contributed by atoms with Crippen LogP contribution in [0.4, 0.5) is 24.7 Å². The number of carbonyl (C=O) groups is 1. The van der Waals surface area contributed by atoms with Gasteiger partial charge in [-0.05, 0) is 55.5 Å². The number of nitrogens with zero attached hydrogens (tertiary/aromatic N) is 4. The fourth-order valence-electron chi connectivity index (χ4n) is 4.84. The lowest BCUT2D eigenvalue weighted by molar-refractivity contribution is -0.137. The Kier molecular flexibility index (Phi) is 8.87. The van der Waals surface area contributed by atoms with Gasteiger partial charge < -0.3 is 14.4 Å². The lowest BCUT2D eigenvalue weighted by atomic mass is 10.1. The molecule has 0 bridgehead atoms. The molecule has 2 aromatic carbocycles. The molecule has 0 radical (unpaired) electrons. The number of fused-ring (bicyclic) bond motifs is 1. The van der Waals surface area contributed by atoms with Crippen LogP contribution in [-0.4, -0.2) is 67.8 Å². The fourth-order valence-corrected chi connectivity index (χ4v) is 4.84. The van der Waals surface area contributed by atoms with Crippen LogP contribution in [-0.2, 0) is 6.18 Å². The Labute approximate surface area is 231 Å². The molecule has 11 heteroatoms. The summed E-state index contributed by atoms with van der Waals surface area (Å²) < 4.78 is 50.6. The quantitative estimate of drug-likeness (QED) is 0.414. The van der Waals surface area contributed by atoms with Crippen molar-refractivity contribution in [3.63, 3.8) is 0 Å². The van der Waals surface area contributed by atoms with E-state index >= 15 is 0 Å². The molecule has 1 fully saturated rings. The second-order valence-corrected chi connectivity index (χ2v) is 9.35. The molecule has 3 heterocycles. The minimum atomic E-state index is -4.46. The molecule has 1 aromatic heterocycles. The molecule has 3 aromatic rings. The Morgan fingerprint density at radius 3 is 2.36 bits per heavy atom. The van der Waals surface area contributed by atoms with E-state index in [4.69, 9.17) is 9.47 Å². The van der Waals surface area contributed by atoms with Gasteiger partial charge in [0.1, 0.15) is 19.0 Å². The number of pyridine rings is 1. The third-order valence-corrected chi connectivity index (χ3v) is 6.90. The van der Waals surface area contributed by atoms with Gasteiger partial charge in [0, 0.05) is 50.5 Å². The molecule has 2 aliphatic heterocycles. The Hall–Kier alpha value is -3.50. The van der Waals surface area contributed by atoms with Gasteiger partial charge >= 0.3 is 6.18 Å². The van der Waals surface area contributed by atoms with Crippen molar-refractivity contribution in [2.45, 2.75) is 19.1 Å². The van der Waals surface area contributed by atoms with Gasteiger partial charge in [-0.3, -0.25) is 14.6 Å². The van der Waals surface area contributed by atoms with E-state index in [1.807, 2.05) is 25.1 Å². The van der Waals surface area contributed by atoms with E-state index in [2.05, 4.69) is 14.8 Å². The third kappa shape index (κ3) is 6.39. The maximum atomic E-state index is 13.5. The Bertz CT molecular complexity index is 1250. The number of halogens is 4. The molecular weight excluding hydrogens is 533 g/mol. The van der Waals surface area contributed by atoms with E-state index in [0.717, 1.165) is 55.5 Å². The first kappa shape index (κ1) is 28.5. The Morgan fingerprint density at radius 2 is 1.69 bits per heavy atom. The predicted molar refractivity (Wildman–Crippen MR) is 145 cm³/mol. The van der Waals surface area contributed by atoms with Crippen LogP contribution < -0.4 is 19.3 Å². The highest BCUT2D eigenvalue weighted by Crippen LogP contribution is 2.40. The SMILES string of the molecule is C[C@@H](CN(C(=O)c1ccc(C(F)(F)F)cc1)c1ccccn1)N1CCN(c2cccc3c2OCCO3)CC1.Cl. The molecule has 208 valence electrons. The molecule has 1 saturated heterocycles.